The summed E-state index contributed by atoms with van der Waals surface area (Å²) in [4.78, 5) is 5.83. The van der Waals surface area contributed by atoms with Crippen LogP contribution in [0.5, 0.6) is 0 Å². The number of fused-ring (bicyclic) bond motifs is 1. The van der Waals surface area contributed by atoms with Crippen molar-refractivity contribution in [3.63, 3.8) is 0 Å². The van der Waals surface area contributed by atoms with E-state index in [0.29, 0.717) is 30.0 Å². The van der Waals surface area contributed by atoms with E-state index in [4.69, 9.17) is 5.26 Å². The van der Waals surface area contributed by atoms with Crippen molar-refractivity contribution in [2.45, 2.75) is 33.0 Å². The van der Waals surface area contributed by atoms with Crippen LogP contribution in [0, 0.1) is 25.2 Å². The molecule has 3 rings (SSSR count). The van der Waals surface area contributed by atoms with Gasteiger partial charge >= 0.3 is 6.18 Å². The Hall–Kier alpha value is -2.69. The summed E-state index contributed by atoms with van der Waals surface area (Å²) in [6.45, 7) is 4.49. The molecule has 24 heavy (non-hydrogen) atoms. The van der Waals surface area contributed by atoms with Crippen LogP contribution in [-0.2, 0) is 19.1 Å². The van der Waals surface area contributed by atoms with Crippen molar-refractivity contribution in [1.29, 1.82) is 5.26 Å². The third-order valence-corrected chi connectivity index (χ3v) is 4.27. The van der Waals surface area contributed by atoms with Crippen molar-refractivity contribution < 1.29 is 13.2 Å². The van der Waals surface area contributed by atoms with Crippen molar-refractivity contribution in [2.24, 2.45) is 0 Å². The number of alkyl halides is 3. The number of pyridine rings is 1. The van der Waals surface area contributed by atoms with E-state index in [1.165, 1.54) is 0 Å². The molecule has 0 N–H and O–H groups in total. The van der Waals surface area contributed by atoms with E-state index in [9.17, 15) is 13.2 Å². The Morgan fingerprint density at radius 1 is 1.21 bits per heavy atom. The summed E-state index contributed by atoms with van der Waals surface area (Å²) in [5.74, 6) is 0.592. The van der Waals surface area contributed by atoms with Crippen LogP contribution < -0.4 is 4.90 Å². The molecule has 0 saturated heterocycles. The van der Waals surface area contributed by atoms with E-state index < -0.39 is 11.7 Å². The highest BCUT2D eigenvalue weighted by Crippen LogP contribution is 2.32. The Balaban J connectivity index is 1.96. The Bertz CT molecular complexity index is 839. The Morgan fingerprint density at radius 2 is 1.96 bits per heavy atom. The Morgan fingerprint density at radius 3 is 2.62 bits per heavy atom. The molecule has 3 heterocycles. The molecule has 0 amide bonds. The van der Waals surface area contributed by atoms with Gasteiger partial charge in [0.2, 0.25) is 0 Å². The van der Waals surface area contributed by atoms with E-state index in [1.54, 1.807) is 6.92 Å². The lowest BCUT2D eigenvalue weighted by Crippen LogP contribution is -2.33. The minimum absolute atomic E-state index is 0.259. The summed E-state index contributed by atoms with van der Waals surface area (Å²) < 4.78 is 38.6. The number of hydrogen-bond donors (Lipinski definition) is 0. The highest BCUT2D eigenvalue weighted by Gasteiger charge is 2.32. The van der Waals surface area contributed by atoms with Gasteiger partial charge in [0, 0.05) is 31.4 Å². The standard InChI is InChI=1S/C16H14F3N5/c1-9-10(2)15(23-22-14(9)6-20)24-4-3-13-11(8-24)5-12(7-21-13)16(17,18)19/h5,7H,3-4,8H2,1-2H3. The summed E-state index contributed by atoms with van der Waals surface area (Å²) in [6.07, 6.45) is -3.00. The Kier molecular flexibility index (Phi) is 3.87. The minimum Gasteiger partial charge on any atom is -0.350 e. The molecule has 5 nitrogen and oxygen atoms in total. The second-order valence-corrected chi connectivity index (χ2v) is 5.73. The predicted octanol–water partition coefficient (Wildman–Crippen LogP) is 2.94. The first kappa shape index (κ1) is 16.2. The van der Waals surface area contributed by atoms with Gasteiger partial charge < -0.3 is 4.90 Å². The van der Waals surface area contributed by atoms with Crippen LogP contribution in [0.15, 0.2) is 12.3 Å². The van der Waals surface area contributed by atoms with Crippen LogP contribution in [0.3, 0.4) is 0 Å². The lowest BCUT2D eigenvalue weighted by atomic mass is 10.0. The zero-order valence-electron chi connectivity index (χ0n) is 13.1. The molecule has 0 aliphatic carbocycles. The molecule has 0 unspecified atom stereocenters. The molecule has 8 heteroatoms. The van der Waals surface area contributed by atoms with Crippen molar-refractivity contribution in [3.8, 4) is 6.07 Å². The number of aromatic nitrogens is 3. The molecule has 0 atom stereocenters. The molecule has 0 saturated carbocycles. The third-order valence-electron chi connectivity index (χ3n) is 4.27. The van der Waals surface area contributed by atoms with E-state index >= 15 is 0 Å². The SMILES string of the molecule is Cc1c(C#N)nnc(N2CCc3ncc(C(F)(F)F)cc3C2)c1C. The van der Waals surface area contributed by atoms with Crippen molar-refractivity contribution in [2.75, 3.05) is 11.4 Å². The van der Waals surface area contributed by atoms with Gasteiger partial charge in [-0.15, -0.1) is 10.2 Å². The molecule has 0 radical (unpaired) electrons. The monoisotopic (exact) mass is 333 g/mol. The second-order valence-electron chi connectivity index (χ2n) is 5.73. The molecule has 0 aromatic carbocycles. The largest absolute Gasteiger partial charge is 0.417 e. The minimum atomic E-state index is -4.41. The number of rotatable bonds is 1. The van der Waals surface area contributed by atoms with E-state index in [0.717, 1.165) is 23.4 Å². The van der Waals surface area contributed by atoms with Crippen LogP contribution in [0.25, 0.3) is 0 Å². The van der Waals surface area contributed by atoms with E-state index in [-0.39, 0.29) is 12.2 Å². The highest BCUT2D eigenvalue weighted by atomic mass is 19.4. The summed E-state index contributed by atoms with van der Waals surface area (Å²) in [6, 6.07) is 3.13. The van der Waals surface area contributed by atoms with Gasteiger partial charge in [-0.3, -0.25) is 4.98 Å². The third kappa shape index (κ3) is 2.77. The van der Waals surface area contributed by atoms with Gasteiger partial charge in [0.15, 0.2) is 11.5 Å². The van der Waals surface area contributed by atoms with E-state index in [2.05, 4.69) is 15.2 Å². The van der Waals surface area contributed by atoms with Crippen LogP contribution in [0.1, 0.15) is 33.6 Å². The van der Waals surface area contributed by atoms with Gasteiger partial charge in [-0.1, -0.05) is 0 Å². The van der Waals surface area contributed by atoms with Gasteiger partial charge in [0.25, 0.3) is 0 Å². The zero-order valence-corrected chi connectivity index (χ0v) is 13.1. The van der Waals surface area contributed by atoms with Crippen LogP contribution >= 0.6 is 0 Å². The van der Waals surface area contributed by atoms with Crippen LogP contribution in [0.4, 0.5) is 19.0 Å². The van der Waals surface area contributed by atoms with E-state index in [1.807, 2.05) is 17.9 Å². The summed E-state index contributed by atoms with van der Waals surface area (Å²) in [5, 5.41) is 17.0. The molecule has 1 aliphatic heterocycles. The van der Waals surface area contributed by atoms with Crippen molar-refractivity contribution in [3.05, 3.63) is 45.9 Å². The van der Waals surface area contributed by atoms with Crippen molar-refractivity contribution >= 4 is 5.82 Å². The summed E-state index contributed by atoms with van der Waals surface area (Å²) >= 11 is 0. The van der Waals surface area contributed by atoms with Gasteiger partial charge in [0.05, 0.1) is 5.56 Å². The van der Waals surface area contributed by atoms with Crippen LogP contribution in [-0.4, -0.2) is 21.7 Å². The summed E-state index contributed by atoms with van der Waals surface area (Å²) in [7, 11) is 0. The quantitative estimate of drug-likeness (QED) is 0.803. The highest BCUT2D eigenvalue weighted by molar-refractivity contribution is 5.53. The average molecular weight is 333 g/mol. The number of hydrogen-bond acceptors (Lipinski definition) is 5. The second kappa shape index (κ2) is 5.74. The van der Waals surface area contributed by atoms with Gasteiger partial charge in [-0.25, -0.2) is 0 Å². The maximum absolute atomic E-state index is 12.9. The first-order chi connectivity index (χ1) is 11.3. The average Bonchev–Trinajstić information content (AvgIpc) is 2.55. The molecular weight excluding hydrogens is 319 g/mol. The van der Waals surface area contributed by atoms with Crippen molar-refractivity contribution in [1.82, 2.24) is 15.2 Å². The van der Waals surface area contributed by atoms with Gasteiger partial charge in [-0.2, -0.15) is 18.4 Å². The number of nitrogens with zero attached hydrogens (tertiary/aromatic N) is 5. The lowest BCUT2D eigenvalue weighted by molar-refractivity contribution is -0.137. The zero-order chi connectivity index (χ0) is 17.5. The fraction of sp³-hybridized carbons (Fsp3) is 0.375. The molecule has 1 aliphatic rings. The van der Waals surface area contributed by atoms with Crippen LogP contribution in [0.2, 0.25) is 0 Å². The fourth-order valence-electron chi connectivity index (χ4n) is 2.76. The first-order valence-corrected chi connectivity index (χ1v) is 7.35. The molecule has 2 aromatic heterocycles. The molecule has 2 aromatic rings. The first-order valence-electron chi connectivity index (χ1n) is 7.35. The fourth-order valence-corrected chi connectivity index (χ4v) is 2.76. The maximum atomic E-state index is 12.9. The molecule has 0 spiro atoms. The summed E-state index contributed by atoms with van der Waals surface area (Å²) in [5.41, 5.74) is 2.27. The number of nitriles is 1. The number of anilines is 1. The Labute approximate surface area is 136 Å². The smallest absolute Gasteiger partial charge is 0.350 e. The normalized spacial score (nSPS) is 14.2. The van der Waals surface area contributed by atoms with Gasteiger partial charge in [0.1, 0.15) is 6.07 Å². The molecule has 0 fully saturated rings. The molecular formula is C16H14F3N5. The lowest BCUT2D eigenvalue weighted by Gasteiger charge is -2.30. The topological polar surface area (TPSA) is 65.7 Å². The predicted molar refractivity (Wildman–Crippen MR) is 80.2 cm³/mol. The number of halogens is 3. The molecule has 0 bridgehead atoms. The van der Waals surface area contributed by atoms with Gasteiger partial charge in [-0.05, 0) is 36.6 Å². The molecule has 124 valence electrons. The maximum Gasteiger partial charge on any atom is 0.417 e.